The molecule has 0 aliphatic carbocycles. The minimum atomic E-state index is -0.366. The number of para-hydroxylation sites is 2. The molecule has 46 heavy (non-hydrogen) atoms. The number of nitrogens with zero attached hydrogens (tertiary/aromatic N) is 3. The largest absolute Gasteiger partial charge is 0.361 e. The summed E-state index contributed by atoms with van der Waals surface area (Å²) < 4.78 is 2.24. The Balaban J connectivity index is 1.24. The van der Waals surface area contributed by atoms with E-state index in [1.54, 1.807) is 0 Å². The molecule has 7 aromatic rings. The number of carbonyl (C=O) groups excluding carboxylic acids is 1. The van der Waals surface area contributed by atoms with Crippen LogP contribution < -0.4 is 11.1 Å². The Hall–Kier alpha value is -5.21. The molecule has 1 atom stereocenters. The number of aromatic amines is 2. The maximum Gasteiger partial charge on any atom is 0.220 e. The van der Waals surface area contributed by atoms with Crippen molar-refractivity contribution < 1.29 is 4.79 Å². The van der Waals surface area contributed by atoms with Gasteiger partial charge in [-0.1, -0.05) is 78.9 Å². The first-order valence-electron chi connectivity index (χ1n) is 16.2. The molecule has 0 spiro atoms. The van der Waals surface area contributed by atoms with E-state index in [0.29, 0.717) is 32.4 Å². The third-order valence-electron chi connectivity index (χ3n) is 8.94. The van der Waals surface area contributed by atoms with E-state index >= 15 is 0 Å². The molecule has 0 fully saturated rings. The number of amides is 1. The molecule has 0 aliphatic heterocycles. The number of H-pyrrole nitrogens is 2. The van der Waals surface area contributed by atoms with Gasteiger partial charge in [0.2, 0.25) is 5.91 Å². The minimum Gasteiger partial charge on any atom is -0.361 e. The molecule has 0 aliphatic rings. The highest BCUT2D eigenvalue weighted by atomic mass is 16.1. The summed E-state index contributed by atoms with van der Waals surface area (Å²) in [7, 11) is 0. The predicted molar refractivity (Wildman–Crippen MR) is 185 cm³/mol. The second-order valence-electron chi connectivity index (χ2n) is 12.0. The van der Waals surface area contributed by atoms with Crippen LogP contribution in [-0.2, 0) is 30.6 Å². The van der Waals surface area contributed by atoms with Crippen LogP contribution in [0.15, 0.2) is 103 Å². The molecule has 3 heterocycles. The fourth-order valence-corrected chi connectivity index (χ4v) is 6.60. The number of hydrogen-bond acceptors (Lipinski definition) is 4. The average molecular weight is 610 g/mol. The van der Waals surface area contributed by atoms with Crippen LogP contribution in [0.3, 0.4) is 0 Å². The SMILES string of the molecule is NCCCC(=O)N[C@H](Cc1c[nH]c2ccccc12)c1nnc(CCCc2c[nH]c3ccccc23)n1Cc1cccc2ccccc12. The third-order valence-corrected chi connectivity index (χ3v) is 8.94. The zero-order chi connectivity index (χ0) is 31.3. The lowest BCUT2D eigenvalue weighted by Crippen LogP contribution is -2.32. The number of carbonyl (C=O) groups is 1. The van der Waals surface area contributed by atoms with Crippen molar-refractivity contribution in [1.82, 2.24) is 30.0 Å². The van der Waals surface area contributed by atoms with Crippen molar-refractivity contribution in [2.24, 2.45) is 5.73 Å². The van der Waals surface area contributed by atoms with Crippen molar-refractivity contribution in [2.45, 2.75) is 51.1 Å². The minimum absolute atomic E-state index is 0.0316. The van der Waals surface area contributed by atoms with Gasteiger partial charge in [0.25, 0.3) is 0 Å². The van der Waals surface area contributed by atoms with Gasteiger partial charge in [-0.05, 0) is 65.4 Å². The number of fused-ring (bicyclic) bond motifs is 3. The molecule has 4 aromatic carbocycles. The number of nitrogens with one attached hydrogen (secondary N) is 3. The van der Waals surface area contributed by atoms with Crippen LogP contribution in [0.25, 0.3) is 32.6 Å². The predicted octanol–water partition coefficient (Wildman–Crippen LogP) is 6.76. The van der Waals surface area contributed by atoms with E-state index < -0.39 is 0 Å². The van der Waals surface area contributed by atoms with E-state index in [2.05, 4.69) is 105 Å². The summed E-state index contributed by atoms with van der Waals surface area (Å²) in [6, 6.07) is 31.2. The van der Waals surface area contributed by atoms with Crippen molar-refractivity contribution in [3.05, 3.63) is 132 Å². The van der Waals surface area contributed by atoms with E-state index in [-0.39, 0.29) is 11.9 Å². The van der Waals surface area contributed by atoms with Crippen LogP contribution in [-0.4, -0.2) is 37.2 Å². The van der Waals surface area contributed by atoms with Crippen LogP contribution in [0.4, 0.5) is 0 Å². The molecule has 0 saturated carbocycles. The summed E-state index contributed by atoms with van der Waals surface area (Å²) in [5.74, 6) is 1.65. The van der Waals surface area contributed by atoms with Gasteiger partial charge in [-0.3, -0.25) is 4.79 Å². The Kier molecular flexibility index (Phi) is 8.61. The highest BCUT2D eigenvalue weighted by molar-refractivity contribution is 5.86. The molecule has 232 valence electrons. The van der Waals surface area contributed by atoms with Crippen LogP contribution in [0, 0.1) is 0 Å². The van der Waals surface area contributed by atoms with E-state index in [1.165, 1.54) is 27.3 Å². The first kappa shape index (κ1) is 29.5. The van der Waals surface area contributed by atoms with E-state index in [0.717, 1.165) is 52.9 Å². The van der Waals surface area contributed by atoms with E-state index in [9.17, 15) is 4.79 Å². The van der Waals surface area contributed by atoms with Gasteiger partial charge in [-0.2, -0.15) is 0 Å². The van der Waals surface area contributed by atoms with Crippen molar-refractivity contribution in [3.8, 4) is 0 Å². The first-order valence-corrected chi connectivity index (χ1v) is 16.2. The second-order valence-corrected chi connectivity index (χ2v) is 12.0. The van der Waals surface area contributed by atoms with E-state index in [4.69, 9.17) is 15.9 Å². The first-order chi connectivity index (χ1) is 22.7. The Morgan fingerprint density at radius 2 is 1.41 bits per heavy atom. The molecule has 0 saturated heterocycles. The maximum absolute atomic E-state index is 13.2. The zero-order valence-electron chi connectivity index (χ0n) is 25.9. The maximum atomic E-state index is 13.2. The Morgan fingerprint density at radius 3 is 2.20 bits per heavy atom. The Labute approximate surface area is 268 Å². The number of aromatic nitrogens is 5. The van der Waals surface area contributed by atoms with Gasteiger partial charge in [-0.25, -0.2) is 0 Å². The molecule has 0 radical (unpaired) electrons. The lowest BCUT2D eigenvalue weighted by atomic mass is 10.0. The molecule has 1 amide bonds. The molecule has 5 N–H and O–H groups in total. The van der Waals surface area contributed by atoms with Gasteiger partial charge >= 0.3 is 0 Å². The van der Waals surface area contributed by atoms with Crippen molar-refractivity contribution in [2.75, 3.05) is 6.54 Å². The van der Waals surface area contributed by atoms with Crippen molar-refractivity contribution >= 4 is 38.5 Å². The quantitative estimate of drug-likeness (QED) is 0.116. The molecular formula is C38H39N7O. The number of benzene rings is 4. The molecule has 7 rings (SSSR count). The lowest BCUT2D eigenvalue weighted by molar-refractivity contribution is -0.122. The van der Waals surface area contributed by atoms with Crippen LogP contribution in [0.1, 0.15) is 53.6 Å². The van der Waals surface area contributed by atoms with Crippen molar-refractivity contribution in [1.29, 1.82) is 0 Å². The zero-order valence-corrected chi connectivity index (χ0v) is 25.9. The fraction of sp³-hybridized carbons (Fsp3) is 0.237. The smallest absolute Gasteiger partial charge is 0.220 e. The molecule has 3 aromatic heterocycles. The summed E-state index contributed by atoms with van der Waals surface area (Å²) in [5, 5.41) is 17.7. The number of rotatable bonds is 13. The Bertz CT molecular complexity index is 2100. The summed E-state index contributed by atoms with van der Waals surface area (Å²) in [6.45, 7) is 1.08. The van der Waals surface area contributed by atoms with Gasteiger partial charge in [0.15, 0.2) is 5.82 Å². The monoisotopic (exact) mass is 609 g/mol. The van der Waals surface area contributed by atoms with E-state index in [1.807, 2.05) is 18.3 Å². The summed E-state index contributed by atoms with van der Waals surface area (Å²) in [4.78, 5) is 20.0. The molecule has 0 unspecified atom stereocenters. The second kappa shape index (κ2) is 13.4. The topological polar surface area (TPSA) is 117 Å². The molecule has 8 nitrogen and oxygen atoms in total. The molecular weight excluding hydrogens is 570 g/mol. The number of nitrogens with two attached hydrogens (primary N) is 1. The lowest BCUT2D eigenvalue weighted by Gasteiger charge is -2.21. The highest BCUT2D eigenvalue weighted by Gasteiger charge is 2.25. The van der Waals surface area contributed by atoms with Gasteiger partial charge in [0, 0.05) is 53.5 Å². The standard InChI is InChI=1S/C38H39N7O/c39-21-9-20-37(46)42-35(22-29-24-41-34-18-6-4-16-32(29)34)38-44-43-36(19-8-12-27-23-40-33-17-5-3-15-31(27)33)45(38)25-28-13-7-11-26-10-1-2-14-30(26)28/h1-7,10-11,13-18,23-24,35,40-41H,8-9,12,19-22,25,39H2,(H,42,46)/t35-/m1/s1. The van der Waals surface area contributed by atoms with Gasteiger partial charge in [0.1, 0.15) is 5.82 Å². The molecule has 0 bridgehead atoms. The fourth-order valence-electron chi connectivity index (χ4n) is 6.60. The van der Waals surface area contributed by atoms with Crippen molar-refractivity contribution in [3.63, 3.8) is 0 Å². The van der Waals surface area contributed by atoms with Crippen LogP contribution in [0.2, 0.25) is 0 Å². The number of aryl methyl sites for hydroxylation is 2. The Morgan fingerprint density at radius 1 is 0.739 bits per heavy atom. The third kappa shape index (κ3) is 6.17. The van der Waals surface area contributed by atoms with Gasteiger partial charge < -0.3 is 25.6 Å². The highest BCUT2D eigenvalue weighted by Crippen LogP contribution is 2.27. The van der Waals surface area contributed by atoms with Crippen LogP contribution in [0.5, 0.6) is 0 Å². The van der Waals surface area contributed by atoms with Crippen LogP contribution >= 0.6 is 0 Å². The normalized spacial score (nSPS) is 12.3. The average Bonchev–Trinajstić information content (AvgIpc) is 3.81. The van der Waals surface area contributed by atoms with Gasteiger partial charge in [-0.15, -0.1) is 10.2 Å². The molecule has 8 heteroatoms. The number of hydrogen-bond donors (Lipinski definition) is 4. The summed E-state index contributed by atoms with van der Waals surface area (Å²) in [6.07, 6.45) is 8.35. The van der Waals surface area contributed by atoms with Gasteiger partial charge in [0.05, 0.1) is 12.6 Å². The summed E-state index contributed by atoms with van der Waals surface area (Å²) >= 11 is 0. The summed E-state index contributed by atoms with van der Waals surface area (Å²) in [5.41, 5.74) is 11.6.